The van der Waals surface area contributed by atoms with Gasteiger partial charge < -0.3 is 5.11 Å². The van der Waals surface area contributed by atoms with Crippen LogP contribution in [-0.2, 0) is 6.54 Å². The first kappa shape index (κ1) is 11.6. The molecule has 1 aliphatic heterocycles. The first-order chi connectivity index (χ1) is 7.72. The summed E-state index contributed by atoms with van der Waals surface area (Å²) in [6, 6.07) is 6.86. The molecule has 1 heterocycles. The van der Waals surface area contributed by atoms with E-state index in [9.17, 15) is 5.11 Å². The number of aryl methyl sites for hydroxylation is 1. The molecule has 16 heavy (non-hydrogen) atoms. The molecule has 0 saturated carbocycles. The largest absolute Gasteiger partial charge is 0.395 e. The molecule has 0 spiro atoms. The summed E-state index contributed by atoms with van der Waals surface area (Å²) in [6.07, 6.45) is 2.36. The van der Waals surface area contributed by atoms with Crippen molar-refractivity contribution in [1.82, 2.24) is 4.90 Å². The minimum absolute atomic E-state index is 0.296. The highest BCUT2D eigenvalue weighted by atomic mass is 16.3. The van der Waals surface area contributed by atoms with E-state index in [1.807, 2.05) is 0 Å². The van der Waals surface area contributed by atoms with Crippen molar-refractivity contribution in [3.8, 4) is 0 Å². The molecule has 2 rings (SSSR count). The Balaban J connectivity index is 2.11. The van der Waals surface area contributed by atoms with Gasteiger partial charge in [-0.25, -0.2) is 0 Å². The maximum absolute atomic E-state index is 9.30. The quantitative estimate of drug-likeness (QED) is 0.843. The van der Waals surface area contributed by atoms with Crippen molar-refractivity contribution < 1.29 is 5.11 Å². The molecule has 1 N–H and O–H groups in total. The Labute approximate surface area is 97.9 Å². The molecule has 0 amide bonds. The average molecular weight is 219 g/mol. The first-order valence-corrected chi connectivity index (χ1v) is 6.12. The van der Waals surface area contributed by atoms with Crippen LogP contribution < -0.4 is 0 Å². The van der Waals surface area contributed by atoms with Gasteiger partial charge in [0.2, 0.25) is 0 Å². The Morgan fingerprint density at radius 3 is 2.94 bits per heavy atom. The molecule has 2 nitrogen and oxygen atoms in total. The monoisotopic (exact) mass is 219 g/mol. The van der Waals surface area contributed by atoms with Crippen LogP contribution in [0, 0.1) is 13.8 Å². The highest BCUT2D eigenvalue weighted by Gasteiger charge is 2.23. The fourth-order valence-electron chi connectivity index (χ4n) is 2.51. The number of hydrogen-bond donors (Lipinski definition) is 1. The topological polar surface area (TPSA) is 23.5 Å². The lowest BCUT2D eigenvalue weighted by atomic mass is 10.0. The van der Waals surface area contributed by atoms with Crippen LogP contribution in [0.1, 0.15) is 29.5 Å². The van der Waals surface area contributed by atoms with Crippen molar-refractivity contribution in [3.05, 3.63) is 34.9 Å². The molecule has 0 aliphatic carbocycles. The van der Waals surface area contributed by atoms with Crippen LogP contribution in [0.5, 0.6) is 0 Å². The van der Waals surface area contributed by atoms with E-state index in [1.54, 1.807) is 0 Å². The van der Waals surface area contributed by atoms with Crippen LogP contribution in [0.2, 0.25) is 0 Å². The molecule has 0 aromatic heterocycles. The summed E-state index contributed by atoms with van der Waals surface area (Å²) in [5.74, 6) is 0. The third-order valence-corrected chi connectivity index (χ3v) is 3.80. The Morgan fingerprint density at radius 1 is 1.38 bits per heavy atom. The predicted octanol–water partition coefficient (Wildman–Crippen LogP) is 2.26. The van der Waals surface area contributed by atoms with E-state index in [0.717, 1.165) is 19.5 Å². The van der Waals surface area contributed by atoms with Gasteiger partial charge in [-0.05, 0) is 49.9 Å². The number of benzene rings is 1. The van der Waals surface area contributed by atoms with Crippen molar-refractivity contribution in [1.29, 1.82) is 0 Å². The summed E-state index contributed by atoms with van der Waals surface area (Å²) in [5.41, 5.74) is 4.16. The predicted molar refractivity (Wildman–Crippen MR) is 66.4 cm³/mol. The lowest BCUT2D eigenvalue weighted by Gasteiger charge is -2.23. The Hall–Kier alpha value is -0.860. The third kappa shape index (κ3) is 2.28. The minimum atomic E-state index is 0.296. The summed E-state index contributed by atoms with van der Waals surface area (Å²) in [7, 11) is 0. The summed E-state index contributed by atoms with van der Waals surface area (Å²) < 4.78 is 0. The maximum Gasteiger partial charge on any atom is 0.0587 e. The molecule has 1 atom stereocenters. The van der Waals surface area contributed by atoms with Gasteiger partial charge in [-0.3, -0.25) is 4.90 Å². The smallest absolute Gasteiger partial charge is 0.0587 e. The van der Waals surface area contributed by atoms with Crippen LogP contribution in [0.4, 0.5) is 0 Å². The van der Waals surface area contributed by atoms with Crippen molar-refractivity contribution >= 4 is 0 Å². The second kappa shape index (κ2) is 4.98. The van der Waals surface area contributed by atoms with E-state index in [2.05, 4.69) is 36.9 Å². The fraction of sp³-hybridized carbons (Fsp3) is 0.571. The normalized spacial score (nSPS) is 21.6. The molecule has 1 aromatic carbocycles. The number of nitrogens with zero attached hydrogens (tertiary/aromatic N) is 1. The molecule has 1 aliphatic rings. The molecular formula is C14H21NO. The molecule has 0 radical (unpaired) electrons. The van der Waals surface area contributed by atoms with Gasteiger partial charge in [0.05, 0.1) is 6.61 Å². The lowest BCUT2D eigenvalue weighted by molar-refractivity contribution is 0.153. The van der Waals surface area contributed by atoms with Crippen LogP contribution in [-0.4, -0.2) is 29.2 Å². The second-order valence-electron chi connectivity index (χ2n) is 4.81. The summed E-state index contributed by atoms with van der Waals surface area (Å²) in [6.45, 7) is 6.75. The zero-order valence-corrected chi connectivity index (χ0v) is 10.2. The van der Waals surface area contributed by atoms with Gasteiger partial charge >= 0.3 is 0 Å². The third-order valence-electron chi connectivity index (χ3n) is 3.80. The van der Waals surface area contributed by atoms with Gasteiger partial charge in [0, 0.05) is 12.6 Å². The van der Waals surface area contributed by atoms with E-state index in [4.69, 9.17) is 0 Å². The molecule has 88 valence electrons. The molecule has 1 aromatic rings. The number of rotatable bonds is 3. The van der Waals surface area contributed by atoms with Gasteiger partial charge in [0.1, 0.15) is 0 Å². The standard InChI is InChI=1S/C14H21NO/c1-11-5-3-6-13(12(11)2)9-15-8-4-7-14(15)10-16/h3,5-6,14,16H,4,7-10H2,1-2H3/t14-/m1/s1. The zero-order chi connectivity index (χ0) is 11.5. The van der Waals surface area contributed by atoms with Crippen LogP contribution in [0.3, 0.4) is 0 Å². The number of hydrogen-bond acceptors (Lipinski definition) is 2. The molecule has 0 unspecified atom stereocenters. The first-order valence-electron chi connectivity index (χ1n) is 6.12. The summed E-state index contributed by atoms with van der Waals surface area (Å²) >= 11 is 0. The van der Waals surface area contributed by atoms with E-state index in [1.165, 1.54) is 23.1 Å². The van der Waals surface area contributed by atoms with Gasteiger partial charge in [-0.1, -0.05) is 18.2 Å². The van der Waals surface area contributed by atoms with Crippen LogP contribution in [0.25, 0.3) is 0 Å². The highest BCUT2D eigenvalue weighted by molar-refractivity contribution is 5.33. The summed E-state index contributed by atoms with van der Waals surface area (Å²) in [4.78, 5) is 2.40. The number of aliphatic hydroxyl groups is 1. The number of aliphatic hydroxyl groups excluding tert-OH is 1. The summed E-state index contributed by atoms with van der Waals surface area (Å²) in [5, 5.41) is 9.30. The molecule has 0 bridgehead atoms. The molecule has 1 saturated heterocycles. The van der Waals surface area contributed by atoms with Crippen molar-refractivity contribution in [2.24, 2.45) is 0 Å². The van der Waals surface area contributed by atoms with Gasteiger partial charge in [-0.2, -0.15) is 0 Å². The minimum Gasteiger partial charge on any atom is -0.395 e. The lowest BCUT2D eigenvalue weighted by Crippen LogP contribution is -2.31. The van der Waals surface area contributed by atoms with Crippen LogP contribution >= 0.6 is 0 Å². The van der Waals surface area contributed by atoms with Crippen molar-refractivity contribution in [2.45, 2.75) is 39.3 Å². The Morgan fingerprint density at radius 2 is 2.19 bits per heavy atom. The van der Waals surface area contributed by atoms with Gasteiger partial charge in [-0.15, -0.1) is 0 Å². The SMILES string of the molecule is Cc1cccc(CN2CCC[C@@H]2CO)c1C. The van der Waals surface area contributed by atoms with Crippen molar-refractivity contribution in [3.63, 3.8) is 0 Å². The van der Waals surface area contributed by atoms with Gasteiger partial charge in [0.25, 0.3) is 0 Å². The molecule has 1 fully saturated rings. The van der Waals surface area contributed by atoms with E-state index >= 15 is 0 Å². The average Bonchev–Trinajstić information content (AvgIpc) is 2.72. The molecule has 2 heteroatoms. The van der Waals surface area contributed by atoms with E-state index in [0.29, 0.717) is 12.6 Å². The van der Waals surface area contributed by atoms with Gasteiger partial charge in [0.15, 0.2) is 0 Å². The van der Waals surface area contributed by atoms with E-state index < -0.39 is 0 Å². The zero-order valence-electron chi connectivity index (χ0n) is 10.2. The Bertz CT molecular complexity index is 362. The van der Waals surface area contributed by atoms with Crippen molar-refractivity contribution in [2.75, 3.05) is 13.2 Å². The van der Waals surface area contributed by atoms with E-state index in [-0.39, 0.29) is 0 Å². The maximum atomic E-state index is 9.30. The van der Waals surface area contributed by atoms with Crippen LogP contribution in [0.15, 0.2) is 18.2 Å². The highest BCUT2D eigenvalue weighted by Crippen LogP contribution is 2.22. The molecular weight excluding hydrogens is 198 g/mol. The Kier molecular flexibility index (Phi) is 3.62. The second-order valence-corrected chi connectivity index (χ2v) is 4.81. The number of likely N-dealkylation sites (tertiary alicyclic amines) is 1. The fourth-order valence-corrected chi connectivity index (χ4v) is 2.51.